The second-order valence-corrected chi connectivity index (χ2v) is 4.88. The molecule has 102 valence electrons. The van der Waals surface area contributed by atoms with Crippen molar-refractivity contribution in [1.82, 2.24) is 0 Å². The van der Waals surface area contributed by atoms with Gasteiger partial charge in [-0.25, -0.2) is 4.79 Å². The van der Waals surface area contributed by atoms with Gasteiger partial charge in [0, 0.05) is 17.6 Å². The van der Waals surface area contributed by atoms with E-state index in [0.717, 1.165) is 18.4 Å². The van der Waals surface area contributed by atoms with Crippen LogP contribution in [-0.2, 0) is 16.0 Å². The van der Waals surface area contributed by atoms with E-state index in [1.807, 2.05) is 6.07 Å². The molecule has 1 N–H and O–H groups in total. The molecular formula is C16H15NO3. The van der Waals surface area contributed by atoms with Crippen LogP contribution in [0.25, 0.3) is 0 Å². The summed E-state index contributed by atoms with van der Waals surface area (Å²) >= 11 is 0. The standard InChI is InChI=1S/C16H15NO3/c17-10-12-7-5-11(6-8-12)9-15(18)13-3-1-2-4-14(13)16(19)20/h5-8H,1-4,9H2,(H,19,20). The van der Waals surface area contributed by atoms with Gasteiger partial charge in [-0.05, 0) is 43.4 Å². The monoisotopic (exact) mass is 269 g/mol. The highest BCUT2D eigenvalue weighted by molar-refractivity contribution is 6.04. The van der Waals surface area contributed by atoms with Gasteiger partial charge in [0.2, 0.25) is 0 Å². The fraction of sp³-hybridized carbons (Fsp3) is 0.312. The fourth-order valence-electron chi connectivity index (χ4n) is 2.44. The van der Waals surface area contributed by atoms with Crippen LogP contribution in [0.2, 0.25) is 0 Å². The van der Waals surface area contributed by atoms with Gasteiger partial charge in [-0.3, -0.25) is 4.79 Å². The summed E-state index contributed by atoms with van der Waals surface area (Å²) in [5.41, 5.74) is 2.09. The van der Waals surface area contributed by atoms with Crippen LogP contribution in [0.1, 0.15) is 36.8 Å². The van der Waals surface area contributed by atoms with Crippen LogP contribution in [0.3, 0.4) is 0 Å². The van der Waals surface area contributed by atoms with Crippen molar-refractivity contribution in [2.24, 2.45) is 0 Å². The summed E-state index contributed by atoms with van der Waals surface area (Å²) in [6.45, 7) is 0. The highest BCUT2D eigenvalue weighted by Crippen LogP contribution is 2.26. The van der Waals surface area contributed by atoms with E-state index >= 15 is 0 Å². The van der Waals surface area contributed by atoms with E-state index in [1.54, 1.807) is 24.3 Å². The van der Waals surface area contributed by atoms with Gasteiger partial charge >= 0.3 is 5.97 Å². The van der Waals surface area contributed by atoms with Gasteiger partial charge in [-0.2, -0.15) is 5.26 Å². The molecule has 0 saturated carbocycles. The largest absolute Gasteiger partial charge is 0.478 e. The zero-order chi connectivity index (χ0) is 14.5. The van der Waals surface area contributed by atoms with Crippen LogP contribution in [0.4, 0.5) is 0 Å². The lowest BCUT2D eigenvalue weighted by molar-refractivity contribution is -0.133. The molecular weight excluding hydrogens is 254 g/mol. The number of nitriles is 1. The molecule has 20 heavy (non-hydrogen) atoms. The summed E-state index contributed by atoms with van der Waals surface area (Å²) in [6.07, 6.45) is 2.92. The predicted molar refractivity (Wildman–Crippen MR) is 73.0 cm³/mol. The highest BCUT2D eigenvalue weighted by atomic mass is 16.4. The van der Waals surface area contributed by atoms with E-state index in [1.165, 1.54) is 0 Å². The quantitative estimate of drug-likeness (QED) is 0.911. The molecule has 1 aromatic rings. The van der Waals surface area contributed by atoms with Crippen molar-refractivity contribution in [3.05, 3.63) is 46.5 Å². The molecule has 0 saturated heterocycles. The molecule has 2 rings (SSSR count). The molecule has 0 radical (unpaired) electrons. The Hall–Kier alpha value is -2.41. The van der Waals surface area contributed by atoms with Crippen molar-refractivity contribution in [1.29, 1.82) is 5.26 Å². The van der Waals surface area contributed by atoms with Crippen molar-refractivity contribution < 1.29 is 14.7 Å². The number of nitrogens with zero attached hydrogens (tertiary/aromatic N) is 1. The number of carbonyl (C=O) groups excluding carboxylic acids is 1. The first kappa shape index (κ1) is 14.0. The molecule has 1 aromatic carbocycles. The van der Waals surface area contributed by atoms with Gasteiger partial charge in [-0.1, -0.05) is 12.1 Å². The fourth-order valence-corrected chi connectivity index (χ4v) is 2.44. The van der Waals surface area contributed by atoms with Gasteiger partial charge < -0.3 is 5.11 Å². The van der Waals surface area contributed by atoms with Crippen molar-refractivity contribution >= 4 is 11.8 Å². The van der Waals surface area contributed by atoms with Crippen molar-refractivity contribution in [3.8, 4) is 6.07 Å². The number of aliphatic carboxylic acids is 1. The first-order valence-corrected chi connectivity index (χ1v) is 6.59. The molecule has 0 spiro atoms. The normalized spacial score (nSPS) is 14.8. The minimum Gasteiger partial charge on any atom is -0.478 e. The van der Waals surface area contributed by atoms with E-state index < -0.39 is 5.97 Å². The lowest BCUT2D eigenvalue weighted by atomic mass is 9.87. The summed E-state index contributed by atoms with van der Waals surface area (Å²) in [6, 6.07) is 8.82. The number of carbonyl (C=O) groups is 2. The zero-order valence-corrected chi connectivity index (χ0v) is 11.1. The third-order valence-corrected chi connectivity index (χ3v) is 3.51. The molecule has 1 aliphatic carbocycles. The third-order valence-electron chi connectivity index (χ3n) is 3.51. The maximum absolute atomic E-state index is 12.3. The molecule has 1 aliphatic rings. The predicted octanol–water partition coefficient (Wildman–Crippen LogP) is 2.63. The number of ketones is 1. The van der Waals surface area contributed by atoms with Gasteiger partial charge in [0.05, 0.1) is 11.6 Å². The average molecular weight is 269 g/mol. The Morgan fingerprint density at radius 2 is 1.70 bits per heavy atom. The molecule has 0 heterocycles. The summed E-state index contributed by atoms with van der Waals surface area (Å²) in [5, 5.41) is 17.9. The summed E-state index contributed by atoms with van der Waals surface area (Å²) < 4.78 is 0. The number of carboxylic acid groups (broad SMARTS) is 1. The van der Waals surface area contributed by atoms with E-state index in [0.29, 0.717) is 24.0 Å². The Balaban J connectivity index is 2.18. The number of Topliss-reactive ketones (excluding diaryl/α,β-unsaturated/α-hetero) is 1. The minimum absolute atomic E-state index is 0.119. The molecule has 4 heteroatoms. The Labute approximate surface area is 117 Å². The molecule has 0 aliphatic heterocycles. The number of benzene rings is 1. The van der Waals surface area contributed by atoms with Crippen LogP contribution < -0.4 is 0 Å². The maximum Gasteiger partial charge on any atom is 0.331 e. The van der Waals surface area contributed by atoms with Crippen LogP contribution in [-0.4, -0.2) is 16.9 Å². The molecule has 0 amide bonds. The lowest BCUT2D eigenvalue weighted by Gasteiger charge is -2.16. The van der Waals surface area contributed by atoms with E-state index in [4.69, 9.17) is 10.4 Å². The summed E-state index contributed by atoms with van der Waals surface area (Å²) in [7, 11) is 0. The van der Waals surface area contributed by atoms with Crippen LogP contribution in [0, 0.1) is 11.3 Å². The maximum atomic E-state index is 12.3. The van der Waals surface area contributed by atoms with E-state index in [9.17, 15) is 9.59 Å². The Morgan fingerprint density at radius 1 is 1.10 bits per heavy atom. The topological polar surface area (TPSA) is 78.2 Å². The highest BCUT2D eigenvalue weighted by Gasteiger charge is 2.23. The summed E-state index contributed by atoms with van der Waals surface area (Å²) in [4.78, 5) is 23.4. The molecule has 0 unspecified atom stereocenters. The number of allylic oxidation sites excluding steroid dienone is 1. The van der Waals surface area contributed by atoms with Gasteiger partial charge in [0.1, 0.15) is 0 Å². The van der Waals surface area contributed by atoms with Gasteiger partial charge in [-0.15, -0.1) is 0 Å². The number of rotatable bonds is 4. The van der Waals surface area contributed by atoms with E-state index in [-0.39, 0.29) is 17.8 Å². The zero-order valence-electron chi connectivity index (χ0n) is 11.1. The minimum atomic E-state index is -0.979. The number of carboxylic acids is 1. The molecule has 0 aromatic heterocycles. The molecule has 0 bridgehead atoms. The SMILES string of the molecule is N#Cc1ccc(CC(=O)C2=C(C(=O)O)CCCC2)cc1. The van der Waals surface area contributed by atoms with Crippen LogP contribution in [0.5, 0.6) is 0 Å². The van der Waals surface area contributed by atoms with Gasteiger partial charge in [0.25, 0.3) is 0 Å². The van der Waals surface area contributed by atoms with Crippen LogP contribution >= 0.6 is 0 Å². The van der Waals surface area contributed by atoms with Gasteiger partial charge in [0.15, 0.2) is 5.78 Å². The Kier molecular flexibility index (Phi) is 4.31. The van der Waals surface area contributed by atoms with Crippen molar-refractivity contribution in [3.63, 3.8) is 0 Å². The first-order chi connectivity index (χ1) is 9.61. The van der Waals surface area contributed by atoms with Crippen LogP contribution in [0.15, 0.2) is 35.4 Å². The Morgan fingerprint density at radius 3 is 2.25 bits per heavy atom. The molecule has 4 nitrogen and oxygen atoms in total. The average Bonchev–Trinajstić information content (AvgIpc) is 2.48. The third kappa shape index (κ3) is 3.12. The number of hydrogen-bond acceptors (Lipinski definition) is 3. The van der Waals surface area contributed by atoms with E-state index in [2.05, 4.69) is 0 Å². The molecule has 0 fully saturated rings. The smallest absolute Gasteiger partial charge is 0.331 e. The van der Waals surface area contributed by atoms with Crippen molar-refractivity contribution in [2.45, 2.75) is 32.1 Å². The lowest BCUT2D eigenvalue weighted by Crippen LogP contribution is -2.17. The van der Waals surface area contributed by atoms with Crippen molar-refractivity contribution in [2.75, 3.05) is 0 Å². The molecule has 0 atom stereocenters. The second-order valence-electron chi connectivity index (χ2n) is 4.88. The second kappa shape index (κ2) is 6.16. The Bertz CT molecular complexity index is 606. The summed E-state index contributed by atoms with van der Waals surface area (Å²) in [5.74, 6) is -1.10. The number of hydrogen-bond donors (Lipinski definition) is 1. The first-order valence-electron chi connectivity index (χ1n) is 6.59.